The number of alkyl halides is 3. The van der Waals surface area contributed by atoms with Crippen LogP contribution in [0.4, 0.5) is 18.9 Å². The lowest BCUT2D eigenvalue weighted by atomic mass is 10.1. The summed E-state index contributed by atoms with van der Waals surface area (Å²) < 4.78 is 57.3. The number of halogens is 3. The van der Waals surface area contributed by atoms with Gasteiger partial charge in [0.05, 0.1) is 36.4 Å². The predicted molar refractivity (Wildman–Crippen MR) is 118 cm³/mol. The van der Waals surface area contributed by atoms with E-state index in [0.29, 0.717) is 17.6 Å². The molecule has 2 heterocycles. The maximum Gasteiger partial charge on any atom is 0.416 e. The number of methoxy groups -OCH3 is 1. The number of benzene rings is 1. The Morgan fingerprint density at radius 1 is 1.26 bits per heavy atom. The van der Waals surface area contributed by atoms with Gasteiger partial charge in [-0.25, -0.2) is 0 Å². The van der Waals surface area contributed by atoms with E-state index >= 15 is 0 Å². The van der Waals surface area contributed by atoms with Gasteiger partial charge in [0.15, 0.2) is 5.16 Å². The van der Waals surface area contributed by atoms with Gasteiger partial charge in [-0.05, 0) is 43.2 Å². The molecule has 0 bridgehead atoms. The van der Waals surface area contributed by atoms with Crippen molar-refractivity contribution in [3.05, 3.63) is 53.7 Å². The van der Waals surface area contributed by atoms with Crippen LogP contribution in [-0.2, 0) is 22.3 Å². The van der Waals surface area contributed by atoms with E-state index in [1.165, 1.54) is 13.2 Å². The zero-order valence-electron chi connectivity index (χ0n) is 18.3. The van der Waals surface area contributed by atoms with E-state index in [-0.39, 0.29) is 30.4 Å². The topological polar surface area (TPSA) is 91.4 Å². The van der Waals surface area contributed by atoms with Gasteiger partial charge in [-0.2, -0.15) is 13.2 Å². The van der Waals surface area contributed by atoms with Gasteiger partial charge < -0.3 is 19.2 Å². The maximum atomic E-state index is 13.2. The molecule has 0 aliphatic heterocycles. The van der Waals surface area contributed by atoms with Crippen LogP contribution in [0.5, 0.6) is 5.75 Å². The van der Waals surface area contributed by atoms with Gasteiger partial charge >= 0.3 is 6.18 Å². The number of anilines is 1. The van der Waals surface area contributed by atoms with Crippen molar-refractivity contribution in [1.29, 1.82) is 0 Å². The van der Waals surface area contributed by atoms with Gasteiger partial charge in [0, 0.05) is 13.0 Å². The highest BCUT2D eigenvalue weighted by molar-refractivity contribution is 7.99. The Balaban J connectivity index is 1.45. The molecule has 0 spiro atoms. The molecule has 4 rings (SSSR count). The third kappa shape index (κ3) is 6.11. The first kappa shape index (κ1) is 24.1. The fraction of sp³-hybridized carbons (Fsp3) is 0.409. The Kier molecular flexibility index (Phi) is 7.47. The third-order valence-electron chi connectivity index (χ3n) is 5.04. The average Bonchev–Trinajstić information content (AvgIpc) is 3.36. The largest absolute Gasteiger partial charge is 0.489 e. The van der Waals surface area contributed by atoms with Crippen LogP contribution in [0.25, 0.3) is 0 Å². The SMILES string of the molecule is COCCOc1ccc(C(F)(F)F)cc1NC(=O)CSc1nnc(C2CC2)n1Cc1ccco1. The van der Waals surface area contributed by atoms with Crippen LogP contribution in [-0.4, -0.2) is 46.7 Å². The van der Waals surface area contributed by atoms with Gasteiger partial charge in [0.1, 0.15) is 23.9 Å². The van der Waals surface area contributed by atoms with Crippen molar-refractivity contribution in [2.24, 2.45) is 0 Å². The maximum absolute atomic E-state index is 13.2. The number of nitrogens with one attached hydrogen (secondary N) is 1. The van der Waals surface area contributed by atoms with Crippen LogP contribution in [0.3, 0.4) is 0 Å². The number of nitrogens with zero attached hydrogens (tertiary/aromatic N) is 3. The molecule has 1 saturated carbocycles. The third-order valence-corrected chi connectivity index (χ3v) is 6.01. The minimum atomic E-state index is -4.55. The second-order valence-electron chi connectivity index (χ2n) is 7.67. The molecule has 1 N–H and O–H groups in total. The summed E-state index contributed by atoms with van der Waals surface area (Å²) in [5.74, 6) is 1.46. The number of ether oxygens (including phenoxy) is 2. The lowest BCUT2D eigenvalue weighted by Crippen LogP contribution is -2.17. The second kappa shape index (κ2) is 10.5. The molecular weight excluding hydrogens is 473 g/mol. The zero-order chi connectivity index (χ0) is 24.1. The van der Waals surface area contributed by atoms with E-state index in [0.717, 1.165) is 48.3 Å². The standard InChI is InChI=1S/C22H23F3N4O4S/c1-31-9-10-33-18-7-6-15(22(23,24)25)11-17(18)26-19(30)13-34-21-28-27-20(14-4-5-14)29(21)12-16-3-2-8-32-16/h2-3,6-8,11,14H,4-5,9-10,12-13H2,1H3,(H,26,30). The van der Waals surface area contributed by atoms with Crippen molar-refractivity contribution in [2.45, 2.75) is 36.6 Å². The van der Waals surface area contributed by atoms with Crippen molar-refractivity contribution >= 4 is 23.4 Å². The van der Waals surface area contributed by atoms with Crippen molar-refractivity contribution in [3.63, 3.8) is 0 Å². The summed E-state index contributed by atoms with van der Waals surface area (Å²) in [6.07, 6.45) is -0.912. The first-order valence-corrected chi connectivity index (χ1v) is 11.5. The van der Waals surface area contributed by atoms with Crippen LogP contribution in [0, 0.1) is 0 Å². The molecular formula is C22H23F3N4O4S. The molecule has 3 aromatic rings. The van der Waals surface area contributed by atoms with Gasteiger partial charge in [0.25, 0.3) is 0 Å². The van der Waals surface area contributed by atoms with E-state index in [1.54, 1.807) is 12.3 Å². The summed E-state index contributed by atoms with van der Waals surface area (Å²) in [6, 6.07) is 6.58. The Bertz CT molecular complexity index is 1110. The van der Waals surface area contributed by atoms with Gasteiger partial charge in [-0.3, -0.25) is 9.36 Å². The monoisotopic (exact) mass is 496 g/mol. The van der Waals surface area contributed by atoms with Crippen molar-refractivity contribution in [3.8, 4) is 5.75 Å². The molecule has 1 aliphatic carbocycles. The smallest absolute Gasteiger partial charge is 0.416 e. The van der Waals surface area contributed by atoms with E-state index in [1.807, 2.05) is 10.6 Å². The molecule has 0 atom stereocenters. The van der Waals surface area contributed by atoms with Gasteiger partial charge in [0.2, 0.25) is 5.91 Å². The fourth-order valence-electron chi connectivity index (χ4n) is 3.24. The van der Waals surface area contributed by atoms with Crippen LogP contribution >= 0.6 is 11.8 Å². The van der Waals surface area contributed by atoms with Gasteiger partial charge in [-0.15, -0.1) is 10.2 Å². The number of furan rings is 1. The molecule has 1 aromatic carbocycles. The van der Waals surface area contributed by atoms with Crippen LogP contribution in [0.2, 0.25) is 0 Å². The summed E-state index contributed by atoms with van der Waals surface area (Å²) in [5, 5.41) is 11.6. The molecule has 1 amide bonds. The summed E-state index contributed by atoms with van der Waals surface area (Å²) in [5.41, 5.74) is -0.950. The number of carbonyl (C=O) groups excluding carboxylic acids is 1. The summed E-state index contributed by atoms with van der Waals surface area (Å²) in [4.78, 5) is 12.6. The summed E-state index contributed by atoms with van der Waals surface area (Å²) in [6.45, 7) is 0.805. The lowest BCUT2D eigenvalue weighted by Gasteiger charge is -2.15. The van der Waals surface area contributed by atoms with E-state index < -0.39 is 17.6 Å². The molecule has 2 aromatic heterocycles. The Hall–Kier alpha value is -2.99. The lowest BCUT2D eigenvalue weighted by molar-refractivity contribution is -0.137. The minimum absolute atomic E-state index is 0.0627. The number of thioether (sulfide) groups is 1. The van der Waals surface area contributed by atoms with E-state index in [9.17, 15) is 18.0 Å². The number of hydrogen-bond acceptors (Lipinski definition) is 7. The number of amides is 1. The fourth-order valence-corrected chi connectivity index (χ4v) is 3.98. The highest BCUT2D eigenvalue weighted by atomic mass is 32.2. The number of hydrogen-bond donors (Lipinski definition) is 1. The quantitative estimate of drug-likeness (QED) is 0.307. The number of carbonyl (C=O) groups is 1. The predicted octanol–water partition coefficient (Wildman–Crippen LogP) is 4.57. The van der Waals surface area contributed by atoms with Crippen molar-refractivity contribution < 1.29 is 31.9 Å². The Morgan fingerprint density at radius 3 is 2.76 bits per heavy atom. The molecule has 1 aliphatic rings. The molecule has 1 fully saturated rings. The molecule has 34 heavy (non-hydrogen) atoms. The zero-order valence-corrected chi connectivity index (χ0v) is 19.1. The molecule has 12 heteroatoms. The number of aromatic nitrogens is 3. The summed E-state index contributed by atoms with van der Waals surface area (Å²) >= 11 is 1.15. The molecule has 0 unspecified atom stereocenters. The van der Waals surface area contributed by atoms with Crippen molar-refractivity contribution in [2.75, 3.05) is 31.4 Å². The molecule has 0 saturated heterocycles. The highest BCUT2D eigenvalue weighted by Crippen LogP contribution is 2.40. The van der Waals surface area contributed by atoms with E-state index in [2.05, 4.69) is 15.5 Å². The molecule has 0 radical (unpaired) electrons. The normalized spacial score (nSPS) is 13.8. The first-order valence-electron chi connectivity index (χ1n) is 10.6. The van der Waals surface area contributed by atoms with Crippen LogP contribution in [0.15, 0.2) is 46.2 Å². The molecule has 182 valence electrons. The molecule has 8 nitrogen and oxygen atoms in total. The van der Waals surface area contributed by atoms with Crippen LogP contribution in [0.1, 0.15) is 35.9 Å². The average molecular weight is 497 g/mol. The first-order chi connectivity index (χ1) is 16.3. The Morgan fingerprint density at radius 2 is 2.09 bits per heavy atom. The number of rotatable bonds is 11. The minimum Gasteiger partial charge on any atom is -0.489 e. The van der Waals surface area contributed by atoms with Gasteiger partial charge in [-0.1, -0.05) is 11.8 Å². The Labute approximate surface area is 197 Å². The highest BCUT2D eigenvalue weighted by Gasteiger charge is 2.32. The summed E-state index contributed by atoms with van der Waals surface area (Å²) in [7, 11) is 1.48. The van der Waals surface area contributed by atoms with Crippen molar-refractivity contribution in [1.82, 2.24) is 14.8 Å². The second-order valence-corrected chi connectivity index (χ2v) is 8.61. The van der Waals surface area contributed by atoms with E-state index in [4.69, 9.17) is 13.9 Å². The van der Waals surface area contributed by atoms with Crippen LogP contribution < -0.4 is 10.1 Å².